The molecule has 4 aliphatic rings. The molecule has 0 radical (unpaired) electrons. The van der Waals surface area contributed by atoms with Crippen molar-refractivity contribution in [3.05, 3.63) is 62.5 Å². The normalized spacial score (nSPS) is 23.4. The Kier molecular flexibility index (Phi) is 7.94. The number of carbonyl (C=O) groups is 2. The minimum atomic E-state index is -0.899. The molecule has 1 aromatic carbocycles. The summed E-state index contributed by atoms with van der Waals surface area (Å²) in [4.78, 5) is 40.9. The number of amidine groups is 1. The number of esters is 1. The van der Waals surface area contributed by atoms with E-state index in [1.54, 1.807) is 25.3 Å². The molecule has 1 saturated carbocycles. The van der Waals surface area contributed by atoms with Crippen molar-refractivity contribution in [1.29, 1.82) is 0 Å². The van der Waals surface area contributed by atoms with Crippen LogP contribution >= 0.6 is 35.2 Å². The zero-order chi connectivity index (χ0) is 29.6. The van der Waals surface area contributed by atoms with Crippen molar-refractivity contribution in [2.24, 2.45) is 10.4 Å². The molecule has 3 aliphatic heterocycles. The van der Waals surface area contributed by atoms with Gasteiger partial charge in [0.05, 0.1) is 28.7 Å². The van der Waals surface area contributed by atoms with Crippen LogP contribution in [0.15, 0.2) is 46.0 Å². The van der Waals surface area contributed by atoms with Crippen molar-refractivity contribution in [3.63, 3.8) is 0 Å². The van der Waals surface area contributed by atoms with Gasteiger partial charge in [-0.2, -0.15) is 0 Å². The second-order valence-corrected chi connectivity index (χ2v) is 12.6. The van der Waals surface area contributed by atoms with Gasteiger partial charge in [0, 0.05) is 62.1 Å². The number of thiazole rings is 1. The second-order valence-electron chi connectivity index (χ2n) is 10.9. The molecule has 0 bridgehead atoms. The number of aliphatic imine (C=N–C) groups is 1. The molecular formula is C28H30ClFN6O4S2. The number of carbonyl (C=O) groups excluding carboxylic acids is 1. The van der Waals surface area contributed by atoms with Crippen molar-refractivity contribution in [1.82, 2.24) is 25.0 Å². The van der Waals surface area contributed by atoms with Crippen LogP contribution in [-0.2, 0) is 14.3 Å². The van der Waals surface area contributed by atoms with Gasteiger partial charge in [0.2, 0.25) is 0 Å². The third-order valence-corrected chi connectivity index (χ3v) is 9.90. The number of piperazine rings is 1. The Morgan fingerprint density at radius 3 is 2.81 bits per heavy atom. The van der Waals surface area contributed by atoms with E-state index in [-0.39, 0.29) is 23.2 Å². The predicted molar refractivity (Wildman–Crippen MR) is 160 cm³/mol. The molecule has 14 heteroatoms. The molecule has 3 fully saturated rings. The molecule has 2 N–H and O–H groups in total. The fraction of sp³-hybridized carbons (Fsp3) is 0.464. The Hall–Kier alpha value is -3.13. The summed E-state index contributed by atoms with van der Waals surface area (Å²) in [5.74, 6) is -1.45. The van der Waals surface area contributed by atoms with Crippen LogP contribution in [0.3, 0.4) is 0 Å². The monoisotopic (exact) mass is 632 g/mol. The Bertz CT molecular complexity index is 1480. The largest absolute Gasteiger partial charge is 0.481 e. The number of thiocarbonyl (C=S) groups is 1. The average Bonchev–Trinajstić information content (AvgIpc) is 3.41. The number of rotatable bonds is 9. The van der Waals surface area contributed by atoms with Gasteiger partial charge >= 0.3 is 11.9 Å². The van der Waals surface area contributed by atoms with Crippen LogP contribution in [0.2, 0.25) is 5.02 Å². The summed E-state index contributed by atoms with van der Waals surface area (Å²) < 4.78 is 20.1. The quantitative estimate of drug-likeness (QED) is 0.316. The molecule has 222 valence electrons. The first-order valence-corrected chi connectivity index (χ1v) is 15.5. The smallest absolute Gasteiger partial charge is 0.338 e. The lowest BCUT2D eigenvalue weighted by atomic mass is 9.95. The molecule has 4 heterocycles. The van der Waals surface area contributed by atoms with Crippen molar-refractivity contribution in [3.8, 4) is 0 Å². The molecule has 2 atom stereocenters. The summed E-state index contributed by atoms with van der Waals surface area (Å²) in [7, 11) is 0. The zero-order valence-electron chi connectivity index (χ0n) is 22.9. The van der Waals surface area contributed by atoms with Gasteiger partial charge in [-0.25, -0.2) is 14.2 Å². The van der Waals surface area contributed by atoms with Gasteiger partial charge in [-0.3, -0.25) is 14.7 Å². The van der Waals surface area contributed by atoms with Crippen molar-refractivity contribution < 1.29 is 23.8 Å². The standard InChI is InChI=1S/C28H30ClFN6O4S2/c1-2-40-25(37)20-19(32-23(24-31-8-11-42-24)33-22(20)17-4-3-5-18(30)21(17)29)14-34-9-10-36-16(12-34)13-35(27(36)41)15-28(6-7-28)26(38)39/h3-5,8,11,16,22H,2,6-7,9-10,12-15H2,1H3,(H,32,33)(H,38,39). The molecular weight excluding hydrogens is 603 g/mol. The molecule has 10 nitrogen and oxygen atoms in total. The molecule has 2 aromatic rings. The zero-order valence-corrected chi connectivity index (χ0v) is 25.3. The number of nitrogens with one attached hydrogen (secondary N) is 1. The highest BCUT2D eigenvalue weighted by Crippen LogP contribution is 2.47. The molecule has 6 rings (SSSR count). The summed E-state index contributed by atoms with van der Waals surface area (Å²) in [6.45, 7) is 5.35. The van der Waals surface area contributed by atoms with E-state index < -0.39 is 29.2 Å². The van der Waals surface area contributed by atoms with Gasteiger partial charge in [0.25, 0.3) is 0 Å². The number of carboxylic acid groups (broad SMARTS) is 1. The summed E-state index contributed by atoms with van der Waals surface area (Å²) in [6.07, 6.45) is 3.02. The molecule has 2 saturated heterocycles. The van der Waals surface area contributed by atoms with E-state index in [0.717, 1.165) is 0 Å². The van der Waals surface area contributed by atoms with Crippen LogP contribution < -0.4 is 5.32 Å². The molecule has 1 aromatic heterocycles. The van der Waals surface area contributed by atoms with E-state index in [1.807, 2.05) is 10.3 Å². The Balaban J connectivity index is 1.29. The fourth-order valence-electron chi connectivity index (χ4n) is 5.87. The van der Waals surface area contributed by atoms with Gasteiger partial charge in [-0.1, -0.05) is 23.7 Å². The molecule has 2 unspecified atom stereocenters. The van der Waals surface area contributed by atoms with Crippen molar-refractivity contribution in [2.75, 3.05) is 45.9 Å². The lowest BCUT2D eigenvalue weighted by Gasteiger charge is -2.38. The van der Waals surface area contributed by atoms with E-state index in [4.69, 9.17) is 33.5 Å². The first-order valence-electron chi connectivity index (χ1n) is 13.8. The summed E-state index contributed by atoms with van der Waals surface area (Å²) in [5, 5.41) is 16.1. The Morgan fingerprint density at radius 2 is 2.12 bits per heavy atom. The van der Waals surface area contributed by atoms with Gasteiger partial charge in [0.15, 0.2) is 16.0 Å². The maximum Gasteiger partial charge on any atom is 0.338 e. The Morgan fingerprint density at radius 1 is 1.31 bits per heavy atom. The maximum atomic E-state index is 14.6. The van der Waals surface area contributed by atoms with Gasteiger partial charge in [-0.05, 0) is 38.0 Å². The number of nitrogens with zero attached hydrogens (tertiary/aromatic N) is 5. The minimum Gasteiger partial charge on any atom is -0.481 e. The van der Waals surface area contributed by atoms with Crippen LogP contribution in [0, 0.1) is 11.2 Å². The summed E-state index contributed by atoms with van der Waals surface area (Å²) in [5.41, 5.74) is 0.532. The number of aliphatic carboxylic acids is 1. The lowest BCUT2D eigenvalue weighted by molar-refractivity contribution is -0.143. The SMILES string of the molecule is CCOC(=O)C1=C(CN2CCN3C(=S)N(CC4(C(=O)O)CC4)CC3C2)NC(c2nccs2)=NC1c1cccc(F)c1Cl. The van der Waals surface area contributed by atoms with E-state index in [2.05, 4.69) is 20.1 Å². The molecule has 0 spiro atoms. The van der Waals surface area contributed by atoms with E-state index in [0.29, 0.717) is 79.3 Å². The first-order chi connectivity index (χ1) is 20.2. The third-order valence-electron chi connectivity index (χ3n) is 8.23. The fourth-order valence-corrected chi connectivity index (χ4v) is 7.07. The first kappa shape index (κ1) is 29.0. The predicted octanol–water partition coefficient (Wildman–Crippen LogP) is 3.30. The molecule has 42 heavy (non-hydrogen) atoms. The third kappa shape index (κ3) is 5.38. The summed E-state index contributed by atoms with van der Waals surface area (Å²) >= 11 is 13.6. The van der Waals surface area contributed by atoms with Gasteiger partial charge in [0.1, 0.15) is 11.9 Å². The number of hydrogen-bond donors (Lipinski definition) is 2. The minimum absolute atomic E-state index is 0.0895. The highest BCUT2D eigenvalue weighted by molar-refractivity contribution is 7.80. The molecule has 0 amide bonds. The van der Waals surface area contributed by atoms with Crippen LogP contribution in [-0.4, -0.2) is 99.6 Å². The van der Waals surface area contributed by atoms with E-state index in [9.17, 15) is 19.1 Å². The number of carboxylic acids is 1. The highest BCUT2D eigenvalue weighted by atomic mass is 35.5. The van der Waals surface area contributed by atoms with Crippen LogP contribution in [0.4, 0.5) is 4.39 Å². The van der Waals surface area contributed by atoms with Gasteiger partial charge in [-0.15, -0.1) is 11.3 Å². The second kappa shape index (κ2) is 11.5. The van der Waals surface area contributed by atoms with Crippen LogP contribution in [0.5, 0.6) is 0 Å². The number of benzene rings is 1. The van der Waals surface area contributed by atoms with Crippen LogP contribution in [0.25, 0.3) is 0 Å². The van der Waals surface area contributed by atoms with Crippen molar-refractivity contribution >= 4 is 58.0 Å². The lowest BCUT2D eigenvalue weighted by Crippen LogP contribution is -2.53. The number of ether oxygens (including phenoxy) is 1. The topological polar surface area (TPSA) is 111 Å². The average molecular weight is 633 g/mol. The molecule has 1 aliphatic carbocycles. The number of fused-ring (bicyclic) bond motifs is 1. The highest BCUT2D eigenvalue weighted by Gasteiger charge is 2.53. The number of halogens is 2. The summed E-state index contributed by atoms with van der Waals surface area (Å²) in [6, 6.07) is 3.67. The number of aromatic nitrogens is 1. The van der Waals surface area contributed by atoms with Crippen molar-refractivity contribution in [2.45, 2.75) is 31.8 Å². The van der Waals surface area contributed by atoms with Gasteiger partial charge < -0.3 is 25.0 Å². The van der Waals surface area contributed by atoms with E-state index in [1.165, 1.54) is 17.4 Å². The Labute approximate surface area is 256 Å². The van der Waals surface area contributed by atoms with E-state index >= 15 is 0 Å². The number of hydrogen-bond acceptors (Lipinski definition) is 9. The van der Waals surface area contributed by atoms with Crippen LogP contribution in [0.1, 0.15) is 36.4 Å². The maximum absolute atomic E-state index is 14.6.